The molecule has 1 N–H and O–H groups in total. The molecule has 1 aliphatic rings. The summed E-state index contributed by atoms with van der Waals surface area (Å²) in [6.45, 7) is 1.12. The fraction of sp³-hybridized carbons (Fsp3) is 0.300. The van der Waals surface area contributed by atoms with Crippen LogP contribution in [0.15, 0.2) is 17.0 Å². The van der Waals surface area contributed by atoms with Crippen LogP contribution in [0, 0.1) is 0 Å². The van der Waals surface area contributed by atoms with E-state index in [0.717, 1.165) is 16.2 Å². The van der Waals surface area contributed by atoms with Crippen molar-refractivity contribution in [2.45, 2.75) is 11.5 Å². The number of hydrogen-bond acceptors (Lipinski definition) is 3. The van der Waals surface area contributed by atoms with E-state index in [1.165, 1.54) is 6.07 Å². The lowest BCUT2D eigenvalue weighted by atomic mass is 10.1. The molecule has 0 aromatic heterocycles. The highest BCUT2D eigenvalue weighted by Crippen LogP contribution is 2.32. The molecule has 1 heterocycles. The van der Waals surface area contributed by atoms with Crippen molar-refractivity contribution in [1.82, 2.24) is 0 Å². The van der Waals surface area contributed by atoms with Gasteiger partial charge in [-0.1, -0.05) is 11.6 Å². The lowest BCUT2D eigenvalue weighted by molar-refractivity contribution is 0.0696. The molecule has 0 saturated carbocycles. The number of thioether (sulfide) groups is 1. The largest absolute Gasteiger partial charge is 0.478 e. The quantitative estimate of drug-likeness (QED) is 0.825. The summed E-state index contributed by atoms with van der Waals surface area (Å²) in [4.78, 5) is 11.7. The Kier molecular flexibility index (Phi) is 3.19. The summed E-state index contributed by atoms with van der Waals surface area (Å²) < 4.78 is 5.35. The Balaban J connectivity index is 2.48. The minimum Gasteiger partial charge on any atom is -0.478 e. The smallest absolute Gasteiger partial charge is 0.335 e. The van der Waals surface area contributed by atoms with Crippen LogP contribution in [0.5, 0.6) is 0 Å². The molecule has 15 heavy (non-hydrogen) atoms. The molecule has 0 amide bonds. The van der Waals surface area contributed by atoms with Gasteiger partial charge in [0.25, 0.3) is 0 Å². The van der Waals surface area contributed by atoms with Gasteiger partial charge in [-0.2, -0.15) is 0 Å². The Morgan fingerprint density at radius 1 is 1.53 bits per heavy atom. The van der Waals surface area contributed by atoms with Crippen LogP contribution in [-0.2, 0) is 11.3 Å². The third-order valence-corrected chi connectivity index (χ3v) is 3.52. The standard InChI is InChI=1S/C10H9ClO3S/c11-8-3-6(10(12)13)4-9-7(8)5-14-1-2-15-9/h3-4H,1-2,5H2,(H,12,13). The van der Waals surface area contributed by atoms with Crippen molar-refractivity contribution >= 4 is 29.3 Å². The first-order chi connectivity index (χ1) is 7.18. The maximum Gasteiger partial charge on any atom is 0.335 e. The van der Waals surface area contributed by atoms with Gasteiger partial charge in [-0.25, -0.2) is 4.79 Å². The van der Waals surface area contributed by atoms with Gasteiger partial charge in [0.1, 0.15) is 0 Å². The zero-order chi connectivity index (χ0) is 10.8. The van der Waals surface area contributed by atoms with E-state index in [1.807, 2.05) is 0 Å². The summed E-state index contributed by atoms with van der Waals surface area (Å²) in [7, 11) is 0. The number of carboxylic acid groups (broad SMARTS) is 1. The third kappa shape index (κ3) is 2.27. The van der Waals surface area contributed by atoms with Crippen LogP contribution in [-0.4, -0.2) is 23.4 Å². The molecule has 0 radical (unpaired) electrons. The van der Waals surface area contributed by atoms with E-state index >= 15 is 0 Å². The minimum atomic E-state index is -0.953. The maximum absolute atomic E-state index is 10.8. The molecule has 0 saturated heterocycles. The van der Waals surface area contributed by atoms with E-state index in [4.69, 9.17) is 21.4 Å². The predicted octanol–water partition coefficient (Wildman–Crippen LogP) is 2.66. The van der Waals surface area contributed by atoms with E-state index in [2.05, 4.69) is 0 Å². The van der Waals surface area contributed by atoms with Crippen LogP contribution in [0.2, 0.25) is 5.02 Å². The lowest BCUT2D eigenvalue weighted by Crippen LogP contribution is -1.99. The molecular formula is C10H9ClO3S. The van der Waals surface area contributed by atoms with Gasteiger partial charge in [0.05, 0.1) is 18.8 Å². The summed E-state index contributed by atoms with van der Waals surface area (Å²) in [5.41, 5.74) is 1.12. The number of aromatic carboxylic acids is 1. The molecule has 0 spiro atoms. The molecule has 1 aliphatic heterocycles. The first-order valence-electron chi connectivity index (χ1n) is 4.45. The SMILES string of the molecule is O=C(O)c1cc(Cl)c2c(c1)SCCOC2. The van der Waals surface area contributed by atoms with Crippen molar-refractivity contribution in [2.75, 3.05) is 12.4 Å². The number of hydrogen-bond donors (Lipinski definition) is 1. The van der Waals surface area contributed by atoms with Crippen molar-refractivity contribution in [3.8, 4) is 0 Å². The monoisotopic (exact) mass is 244 g/mol. The highest BCUT2D eigenvalue weighted by Gasteiger charge is 2.15. The van der Waals surface area contributed by atoms with Gasteiger partial charge in [0, 0.05) is 21.2 Å². The predicted molar refractivity (Wildman–Crippen MR) is 58.8 cm³/mol. The van der Waals surface area contributed by atoms with E-state index < -0.39 is 5.97 Å². The Morgan fingerprint density at radius 3 is 3.07 bits per heavy atom. The number of rotatable bonds is 1. The number of carboxylic acids is 1. The molecule has 0 bridgehead atoms. The first-order valence-corrected chi connectivity index (χ1v) is 5.81. The fourth-order valence-electron chi connectivity index (χ4n) is 1.39. The number of ether oxygens (including phenoxy) is 1. The average Bonchev–Trinajstić information content (AvgIpc) is 2.42. The topological polar surface area (TPSA) is 46.5 Å². The first kappa shape index (κ1) is 10.8. The Bertz CT molecular complexity index is 406. The summed E-state index contributed by atoms with van der Waals surface area (Å²) in [6.07, 6.45) is 0. The summed E-state index contributed by atoms with van der Waals surface area (Å²) >= 11 is 7.59. The van der Waals surface area contributed by atoms with Gasteiger partial charge < -0.3 is 9.84 Å². The minimum absolute atomic E-state index is 0.230. The Morgan fingerprint density at radius 2 is 2.33 bits per heavy atom. The van der Waals surface area contributed by atoms with Crippen molar-refractivity contribution in [3.63, 3.8) is 0 Å². The van der Waals surface area contributed by atoms with Crippen LogP contribution in [0.4, 0.5) is 0 Å². The molecule has 0 atom stereocenters. The zero-order valence-corrected chi connectivity index (χ0v) is 9.40. The molecule has 0 aliphatic carbocycles. The van der Waals surface area contributed by atoms with Crippen LogP contribution < -0.4 is 0 Å². The second-order valence-corrected chi connectivity index (χ2v) is 4.68. The fourth-order valence-corrected chi connectivity index (χ4v) is 2.69. The molecule has 1 aromatic rings. The highest BCUT2D eigenvalue weighted by atomic mass is 35.5. The third-order valence-electron chi connectivity index (χ3n) is 2.13. The van der Waals surface area contributed by atoms with Crippen LogP contribution in [0.1, 0.15) is 15.9 Å². The van der Waals surface area contributed by atoms with Crippen molar-refractivity contribution in [1.29, 1.82) is 0 Å². The second-order valence-electron chi connectivity index (χ2n) is 3.14. The summed E-state index contributed by atoms with van der Waals surface area (Å²) in [5, 5.41) is 9.35. The number of carbonyl (C=O) groups is 1. The van der Waals surface area contributed by atoms with Crippen LogP contribution in [0.25, 0.3) is 0 Å². The number of benzene rings is 1. The van der Waals surface area contributed by atoms with E-state index in [-0.39, 0.29) is 5.56 Å². The highest BCUT2D eigenvalue weighted by molar-refractivity contribution is 7.99. The molecule has 0 unspecified atom stereocenters. The van der Waals surface area contributed by atoms with Crippen LogP contribution in [0.3, 0.4) is 0 Å². The van der Waals surface area contributed by atoms with Gasteiger partial charge in [0.15, 0.2) is 0 Å². The zero-order valence-electron chi connectivity index (χ0n) is 7.83. The van der Waals surface area contributed by atoms with E-state index in [9.17, 15) is 4.79 Å². The molecular weight excluding hydrogens is 236 g/mol. The summed E-state index contributed by atoms with van der Waals surface area (Å²) in [5.74, 6) is -0.127. The molecule has 1 aromatic carbocycles. The molecule has 80 valence electrons. The van der Waals surface area contributed by atoms with Crippen molar-refractivity contribution in [3.05, 3.63) is 28.3 Å². The summed E-state index contributed by atoms with van der Waals surface area (Å²) in [6, 6.07) is 3.13. The molecule has 0 fully saturated rings. The van der Waals surface area contributed by atoms with Gasteiger partial charge in [-0.3, -0.25) is 0 Å². The molecule has 5 heteroatoms. The Labute approximate surface area is 96.4 Å². The molecule has 3 nitrogen and oxygen atoms in total. The van der Waals surface area contributed by atoms with Crippen LogP contribution >= 0.6 is 23.4 Å². The second kappa shape index (κ2) is 4.43. The van der Waals surface area contributed by atoms with Gasteiger partial charge in [-0.05, 0) is 12.1 Å². The Hall–Kier alpha value is -0.710. The van der Waals surface area contributed by atoms with Gasteiger partial charge >= 0.3 is 5.97 Å². The van der Waals surface area contributed by atoms with Crippen molar-refractivity contribution in [2.24, 2.45) is 0 Å². The van der Waals surface area contributed by atoms with E-state index in [0.29, 0.717) is 18.2 Å². The number of halogens is 1. The maximum atomic E-state index is 10.8. The lowest BCUT2D eigenvalue weighted by Gasteiger charge is -2.08. The van der Waals surface area contributed by atoms with E-state index in [1.54, 1.807) is 17.8 Å². The number of fused-ring (bicyclic) bond motifs is 1. The average molecular weight is 245 g/mol. The molecule has 2 rings (SSSR count). The van der Waals surface area contributed by atoms with Gasteiger partial charge in [0.2, 0.25) is 0 Å². The normalized spacial score (nSPS) is 15.5. The van der Waals surface area contributed by atoms with Crippen molar-refractivity contribution < 1.29 is 14.6 Å². The van der Waals surface area contributed by atoms with Gasteiger partial charge in [-0.15, -0.1) is 11.8 Å².